The van der Waals surface area contributed by atoms with Crippen molar-refractivity contribution in [3.05, 3.63) is 62.5 Å². The Kier molecular flexibility index (Phi) is 3.94. The van der Waals surface area contributed by atoms with Crippen LogP contribution in [0.3, 0.4) is 0 Å². The van der Waals surface area contributed by atoms with Crippen molar-refractivity contribution >= 4 is 17.5 Å². The molecule has 1 aromatic carbocycles. The maximum Gasteiger partial charge on any atom is 0.254 e. The van der Waals surface area contributed by atoms with E-state index in [9.17, 15) is 14.0 Å². The van der Waals surface area contributed by atoms with Crippen molar-refractivity contribution in [1.29, 1.82) is 0 Å². The molecule has 0 saturated carbocycles. The number of rotatable bonds is 2. The van der Waals surface area contributed by atoms with Crippen molar-refractivity contribution in [3.63, 3.8) is 0 Å². The van der Waals surface area contributed by atoms with Crippen LogP contribution in [0.2, 0.25) is 5.02 Å². The molecule has 22 heavy (non-hydrogen) atoms. The standard InChI is InChI=1S/C15H13ClFN3O2/c16-11-2-1-3-12(17)10(11)6-14(21)20-5-4-9-13(7-20)18-8-19-15(9)22/h1-3,8H,4-7H2,(H,18,19,22). The first-order chi connectivity index (χ1) is 10.6. The summed E-state index contributed by atoms with van der Waals surface area (Å²) in [6.07, 6.45) is 1.65. The highest BCUT2D eigenvalue weighted by Gasteiger charge is 2.24. The number of hydrogen-bond donors (Lipinski definition) is 1. The quantitative estimate of drug-likeness (QED) is 0.915. The summed E-state index contributed by atoms with van der Waals surface area (Å²) in [6, 6.07) is 4.33. The lowest BCUT2D eigenvalue weighted by Gasteiger charge is -2.27. The molecule has 0 radical (unpaired) electrons. The van der Waals surface area contributed by atoms with Gasteiger partial charge in [0, 0.05) is 22.7 Å². The molecule has 0 aliphatic carbocycles. The molecular weight excluding hydrogens is 309 g/mol. The maximum atomic E-state index is 13.8. The number of aromatic nitrogens is 2. The molecule has 1 aromatic heterocycles. The molecule has 2 aromatic rings. The minimum atomic E-state index is -0.493. The van der Waals surface area contributed by atoms with Crippen molar-refractivity contribution in [3.8, 4) is 0 Å². The lowest BCUT2D eigenvalue weighted by Crippen LogP contribution is -2.39. The Bertz CT molecular complexity index is 770. The Hall–Kier alpha value is -2.21. The summed E-state index contributed by atoms with van der Waals surface area (Å²) in [4.78, 5) is 32.2. The van der Waals surface area contributed by atoms with E-state index in [2.05, 4.69) is 9.97 Å². The van der Waals surface area contributed by atoms with Gasteiger partial charge in [0.1, 0.15) is 5.82 Å². The summed E-state index contributed by atoms with van der Waals surface area (Å²) in [5.41, 5.74) is 1.21. The average molecular weight is 322 g/mol. The molecule has 1 N–H and O–H groups in total. The molecular formula is C15H13ClFN3O2. The van der Waals surface area contributed by atoms with Crippen LogP contribution in [0, 0.1) is 5.82 Å². The first-order valence-corrected chi connectivity index (χ1v) is 7.20. The van der Waals surface area contributed by atoms with E-state index in [1.807, 2.05) is 0 Å². The van der Waals surface area contributed by atoms with E-state index >= 15 is 0 Å². The molecule has 0 saturated heterocycles. The lowest BCUT2D eigenvalue weighted by atomic mass is 10.0. The fraction of sp³-hybridized carbons (Fsp3) is 0.267. The van der Waals surface area contributed by atoms with Crippen LogP contribution in [0.15, 0.2) is 29.3 Å². The van der Waals surface area contributed by atoms with Crippen molar-refractivity contribution < 1.29 is 9.18 Å². The third-order valence-corrected chi connectivity index (χ3v) is 4.11. The molecule has 1 aliphatic rings. The summed E-state index contributed by atoms with van der Waals surface area (Å²) in [5, 5.41) is 0.236. The molecule has 2 heterocycles. The summed E-state index contributed by atoms with van der Waals surface area (Å²) in [7, 11) is 0. The minimum Gasteiger partial charge on any atom is -0.336 e. The van der Waals surface area contributed by atoms with Gasteiger partial charge in [0.25, 0.3) is 5.56 Å². The zero-order chi connectivity index (χ0) is 15.7. The van der Waals surface area contributed by atoms with Crippen molar-refractivity contribution in [2.75, 3.05) is 6.54 Å². The number of carbonyl (C=O) groups excluding carboxylic acids is 1. The van der Waals surface area contributed by atoms with E-state index in [-0.39, 0.29) is 35.0 Å². The fourth-order valence-corrected chi connectivity index (χ4v) is 2.77. The molecule has 0 atom stereocenters. The van der Waals surface area contributed by atoms with Crippen LogP contribution in [-0.2, 0) is 24.2 Å². The number of aromatic amines is 1. The summed E-state index contributed by atoms with van der Waals surface area (Å²) < 4.78 is 13.8. The largest absolute Gasteiger partial charge is 0.336 e. The number of nitrogens with zero attached hydrogens (tertiary/aromatic N) is 2. The molecule has 0 bridgehead atoms. The van der Waals surface area contributed by atoms with Crippen LogP contribution in [0.1, 0.15) is 16.8 Å². The molecule has 1 amide bonds. The van der Waals surface area contributed by atoms with Gasteiger partial charge in [-0.3, -0.25) is 9.59 Å². The van der Waals surface area contributed by atoms with E-state index in [0.717, 1.165) is 0 Å². The van der Waals surface area contributed by atoms with Crippen LogP contribution >= 0.6 is 11.6 Å². The van der Waals surface area contributed by atoms with Gasteiger partial charge in [-0.05, 0) is 18.6 Å². The SMILES string of the molecule is O=C(Cc1c(F)cccc1Cl)N1CCc2c(nc[nH]c2=O)C1. The number of hydrogen-bond acceptors (Lipinski definition) is 3. The molecule has 0 fully saturated rings. The van der Waals surface area contributed by atoms with E-state index in [0.29, 0.717) is 24.2 Å². The van der Waals surface area contributed by atoms with E-state index in [4.69, 9.17) is 11.6 Å². The smallest absolute Gasteiger partial charge is 0.254 e. The molecule has 0 unspecified atom stereocenters. The number of H-pyrrole nitrogens is 1. The van der Waals surface area contributed by atoms with Crippen molar-refractivity contribution in [1.82, 2.24) is 14.9 Å². The minimum absolute atomic E-state index is 0.107. The number of amides is 1. The van der Waals surface area contributed by atoms with Gasteiger partial charge in [-0.15, -0.1) is 0 Å². The Morgan fingerprint density at radius 2 is 2.27 bits per heavy atom. The third-order valence-electron chi connectivity index (χ3n) is 3.75. The van der Waals surface area contributed by atoms with E-state index < -0.39 is 5.82 Å². The average Bonchev–Trinajstić information content (AvgIpc) is 2.51. The van der Waals surface area contributed by atoms with Gasteiger partial charge in [0.2, 0.25) is 5.91 Å². The monoisotopic (exact) mass is 321 g/mol. The fourth-order valence-electron chi connectivity index (χ4n) is 2.54. The summed E-state index contributed by atoms with van der Waals surface area (Å²) >= 11 is 5.95. The third kappa shape index (κ3) is 2.74. The second kappa shape index (κ2) is 5.88. The topological polar surface area (TPSA) is 66.1 Å². The second-order valence-corrected chi connectivity index (χ2v) is 5.51. The number of carbonyl (C=O) groups is 1. The van der Waals surface area contributed by atoms with Gasteiger partial charge >= 0.3 is 0 Å². The molecule has 0 spiro atoms. The number of halogens is 2. The van der Waals surface area contributed by atoms with E-state index in [1.165, 1.54) is 18.5 Å². The summed E-state index contributed by atoms with van der Waals surface area (Å²) in [5.74, 6) is -0.729. The second-order valence-electron chi connectivity index (χ2n) is 5.10. The van der Waals surface area contributed by atoms with Crippen LogP contribution < -0.4 is 5.56 Å². The molecule has 7 heteroatoms. The molecule has 5 nitrogen and oxygen atoms in total. The van der Waals surface area contributed by atoms with Crippen LogP contribution in [0.4, 0.5) is 4.39 Å². The highest BCUT2D eigenvalue weighted by atomic mass is 35.5. The Balaban J connectivity index is 1.79. The van der Waals surface area contributed by atoms with Gasteiger partial charge in [-0.2, -0.15) is 0 Å². The predicted molar refractivity (Wildman–Crippen MR) is 79.1 cm³/mol. The normalized spacial score (nSPS) is 13.8. The van der Waals surface area contributed by atoms with Crippen LogP contribution in [0.5, 0.6) is 0 Å². The van der Waals surface area contributed by atoms with Crippen LogP contribution in [-0.4, -0.2) is 27.3 Å². The van der Waals surface area contributed by atoms with Gasteiger partial charge in [-0.1, -0.05) is 17.7 Å². The molecule has 3 rings (SSSR count). The van der Waals surface area contributed by atoms with Gasteiger partial charge < -0.3 is 9.88 Å². The predicted octanol–water partition coefficient (Wildman–Crippen LogP) is 1.69. The Morgan fingerprint density at radius 3 is 3.05 bits per heavy atom. The van der Waals surface area contributed by atoms with Crippen LogP contribution in [0.25, 0.3) is 0 Å². The van der Waals surface area contributed by atoms with E-state index in [1.54, 1.807) is 11.0 Å². The number of nitrogens with one attached hydrogen (secondary N) is 1. The summed E-state index contributed by atoms with van der Waals surface area (Å²) in [6.45, 7) is 0.664. The number of benzene rings is 1. The first-order valence-electron chi connectivity index (χ1n) is 6.82. The van der Waals surface area contributed by atoms with Gasteiger partial charge in [-0.25, -0.2) is 9.37 Å². The lowest BCUT2D eigenvalue weighted by molar-refractivity contribution is -0.131. The Labute approximate surface area is 130 Å². The van der Waals surface area contributed by atoms with Crippen molar-refractivity contribution in [2.24, 2.45) is 0 Å². The highest BCUT2D eigenvalue weighted by Crippen LogP contribution is 2.21. The maximum absolute atomic E-state index is 13.8. The van der Waals surface area contributed by atoms with Gasteiger partial charge in [0.05, 0.1) is 25.0 Å². The first kappa shape index (κ1) is 14.7. The highest BCUT2D eigenvalue weighted by molar-refractivity contribution is 6.31. The number of fused-ring (bicyclic) bond motifs is 1. The van der Waals surface area contributed by atoms with Crippen molar-refractivity contribution in [2.45, 2.75) is 19.4 Å². The molecule has 114 valence electrons. The van der Waals surface area contributed by atoms with Gasteiger partial charge in [0.15, 0.2) is 0 Å². The zero-order valence-electron chi connectivity index (χ0n) is 11.6. The zero-order valence-corrected chi connectivity index (χ0v) is 12.4. The Morgan fingerprint density at radius 1 is 1.45 bits per heavy atom. The molecule has 1 aliphatic heterocycles.